The highest BCUT2D eigenvalue weighted by molar-refractivity contribution is 5.56. The Morgan fingerprint density at radius 2 is 2.00 bits per heavy atom. The molecule has 1 saturated heterocycles. The lowest BCUT2D eigenvalue weighted by Gasteiger charge is -2.34. The number of piperidine rings is 1. The average molecular weight is 242 g/mol. The van der Waals surface area contributed by atoms with Gasteiger partial charge in [-0.2, -0.15) is 0 Å². The summed E-state index contributed by atoms with van der Waals surface area (Å²) < 4.78 is 32.7. The van der Waals surface area contributed by atoms with Gasteiger partial charge in [-0.3, -0.25) is 0 Å². The van der Waals surface area contributed by atoms with Crippen LogP contribution < -0.4 is 10.6 Å². The number of halogens is 2. The quantitative estimate of drug-likeness (QED) is 0.808. The van der Waals surface area contributed by atoms with Crippen LogP contribution in [-0.2, 0) is 4.74 Å². The highest BCUT2D eigenvalue weighted by Crippen LogP contribution is 2.28. The molecule has 1 aromatic rings. The van der Waals surface area contributed by atoms with Gasteiger partial charge in [0.25, 0.3) is 0 Å². The number of nitrogens with zero attached hydrogens (tertiary/aromatic N) is 1. The number of rotatable bonds is 2. The number of anilines is 2. The summed E-state index contributed by atoms with van der Waals surface area (Å²) in [7, 11) is 1.61. The van der Waals surface area contributed by atoms with Crippen molar-refractivity contribution in [3.63, 3.8) is 0 Å². The van der Waals surface area contributed by atoms with E-state index in [2.05, 4.69) is 0 Å². The second-order valence-electron chi connectivity index (χ2n) is 4.28. The first-order chi connectivity index (χ1) is 8.11. The number of hydrogen-bond donors (Lipinski definition) is 1. The van der Waals surface area contributed by atoms with Crippen LogP contribution in [0.15, 0.2) is 12.1 Å². The Hall–Kier alpha value is -1.36. The molecule has 0 radical (unpaired) electrons. The third-order valence-electron chi connectivity index (χ3n) is 3.07. The Balaban J connectivity index is 2.27. The van der Waals surface area contributed by atoms with Crippen LogP contribution in [0.4, 0.5) is 20.2 Å². The number of benzene rings is 1. The molecule has 1 unspecified atom stereocenters. The zero-order valence-corrected chi connectivity index (χ0v) is 9.75. The van der Waals surface area contributed by atoms with Gasteiger partial charge in [-0.15, -0.1) is 0 Å². The molecule has 0 saturated carbocycles. The molecule has 1 aromatic carbocycles. The first-order valence-corrected chi connectivity index (χ1v) is 5.64. The summed E-state index contributed by atoms with van der Waals surface area (Å²) in [6, 6.07) is 2.30. The molecule has 17 heavy (non-hydrogen) atoms. The van der Waals surface area contributed by atoms with Gasteiger partial charge in [-0.1, -0.05) is 0 Å². The molecule has 1 aliphatic heterocycles. The summed E-state index contributed by atoms with van der Waals surface area (Å²) in [6.07, 6.45) is 1.81. The first-order valence-electron chi connectivity index (χ1n) is 5.64. The van der Waals surface area contributed by atoms with Crippen LogP contribution in [0.2, 0.25) is 0 Å². The van der Waals surface area contributed by atoms with Crippen molar-refractivity contribution in [2.75, 3.05) is 30.8 Å². The van der Waals surface area contributed by atoms with Gasteiger partial charge in [0.2, 0.25) is 0 Å². The molecular formula is C12H16F2N2O. The van der Waals surface area contributed by atoms with E-state index in [0.717, 1.165) is 25.0 Å². The minimum Gasteiger partial charge on any atom is -0.399 e. The first kappa shape index (κ1) is 12.1. The van der Waals surface area contributed by atoms with Gasteiger partial charge < -0.3 is 15.4 Å². The molecule has 1 aliphatic rings. The Kier molecular flexibility index (Phi) is 3.47. The second kappa shape index (κ2) is 4.87. The van der Waals surface area contributed by atoms with Gasteiger partial charge in [-0.25, -0.2) is 8.78 Å². The van der Waals surface area contributed by atoms with Crippen molar-refractivity contribution in [1.82, 2.24) is 0 Å². The van der Waals surface area contributed by atoms with Crippen LogP contribution in [-0.4, -0.2) is 26.3 Å². The van der Waals surface area contributed by atoms with Gasteiger partial charge >= 0.3 is 0 Å². The fraction of sp³-hybridized carbons (Fsp3) is 0.500. The molecule has 0 spiro atoms. The number of nitrogens with two attached hydrogens (primary N) is 1. The largest absolute Gasteiger partial charge is 0.399 e. The zero-order chi connectivity index (χ0) is 12.4. The third-order valence-corrected chi connectivity index (χ3v) is 3.07. The van der Waals surface area contributed by atoms with Crippen molar-refractivity contribution in [3.8, 4) is 0 Å². The predicted octanol–water partition coefficient (Wildman–Crippen LogP) is 2.16. The molecule has 1 heterocycles. The zero-order valence-electron chi connectivity index (χ0n) is 9.75. The van der Waals surface area contributed by atoms with Gasteiger partial charge in [0, 0.05) is 25.9 Å². The summed E-state index contributed by atoms with van der Waals surface area (Å²) in [6.45, 7) is 1.14. The smallest absolute Gasteiger partial charge is 0.151 e. The van der Waals surface area contributed by atoms with Crippen molar-refractivity contribution in [2.24, 2.45) is 0 Å². The number of ether oxygens (including phenoxy) is 1. The van der Waals surface area contributed by atoms with Crippen LogP contribution >= 0.6 is 0 Å². The van der Waals surface area contributed by atoms with E-state index in [4.69, 9.17) is 10.5 Å². The van der Waals surface area contributed by atoms with E-state index in [9.17, 15) is 8.78 Å². The van der Waals surface area contributed by atoms with Crippen LogP contribution in [0.1, 0.15) is 12.8 Å². The van der Waals surface area contributed by atoms with Crippen LogP contribution in [0.25, 0.3) is 0 Å². The molecular weight excluding hydrogens is 226 g/mol. The van der Waals surface area contributed by atoms with Crippen LogP contribution in [0.3, 0.4) is 0 Å². The summed E-state index contributed by atoms with van der Waals surface area (Å²) in [5.41, 5.74) is 5.49. The molecule has 0 bridgehead atoms. The van der Waals surface area contributed by atoms with Gasteiger partial charge in [-0.05, 0) is 25.0 Å². The summed E-state index contributed by atoms with van der Waals surface area (Å²) in [5.74, 6) is -1.22. The molecule has 0 aromatic heterocycles. The molecule has 3 nitrogen and oxygen atoms in total. The Morgan fingerprint density at radius 1 is 1.35 bits per heavy atom. The van der Waals surface area contributed by atoms with E-state index < -0.39 is 11.6 Å². The van der Waals surface area contributed by atoms with E-state index in [0.29, 0.717) is 13.1 Å². The molecule has 2 N–H and O–H groups in total. The lowest BCUT2D eigenvalue weighted by atomic mass is 10.1. The SMILES string of the molecule is COC1CCCN(c2c(F)cc(N)cc2F)C1. The van der Waals surface area contributed by atoms with Crippen molar-refractivity contribution in [2.45, 2.75) is 18.9 Å². The summed E-state index contributed by atoms with van der Waals surface area (Å²) >= 11 is 0. The minimum atomic E-state index is -0.612. The molecule has 1 fully saturated rings. The maximum absolute atomic E-state index is 13.7. The number of hydrogen-bond acceptors (Lipinski definition) is 3. The maximum Gasteiger partial charge on any atom is 0.151 e. The molecule has 94 valence electrons. The lowest BCUT2D eigenvalue weighted by Crippen LogP contribution is -2.40. The maximum atomic E-state index is 13.7. The van der Waals surface area contributed by atoms with E-state index >= 15 is 0 Å². The van der Waals surface area contributed by atoms with Crippen molar-refractivity contribution >= 4 is 11.4 Å². The average Bonchev–Trinajstić information content (AvgIpc) is 2.28. The lowest BCUT2D eigenvalue weighted by molar-refractivity contribution is 0.0890. The van der Waals surface area contributed by atoms with Crippen LogP contribution in [0.5, 0.6) is 0 Å². The van der Waals surface area contributed by atoms with Gasteiger partial charge in [0.1, 0.15) is 5.69 Å². The van der Waals surface area contributed by atoms with Crippen LogP contribution in [0, 0.1) is 11.6 Å². The van der Waals surface area contributed by atoms with E-state index in [1.807, 2.05) is 0 Å². The topological polar surface area (TPSA) is 38.5 Å². The Bertz CT molecular complexity index is 388. The second-order valence-corrected chi connectivity index (χ2v) is 4.28. The summed E-state index contributed by atoms with van der Waals surface area (Å²) in [5, 5.41) is 0. The van der Waals surface area contributed by atoms with Crippen molar-refractivity contribution in [3.05, 3.63) is 23.8 Å². The number of methoxy groups -OCH3 is 1. The molecule has 5 heteroatoms. The minimum absolute atomic E-state index is 0.000880. The Morgan fingerprint density at radius 3 is 2.59 bits per heavy atom. The third kappa shape index (κ3) is 2.49. The Labute approximate surface area is 99.2 Å². The molecule has 0 amide bonds. The molecule has 1 atom stereocenters. The fourth-order valence-electron chi connectivity index (χ4n) is 2.22. The normalized spacial score (nSPS) is 20.6. The monoisotopic (exact) mass is 242 g/mol. The van der Waals surface area contributed by atoms with E-state index in [1.54, 1.807) is 12.0 Å². The predicted molar refractivity (Wildman–Crippen MR) is 63.0 cm³/mol. The number of nitrogen functional groups attached to an aromatic ring is 1. The van der Waals surface area contributed by atoms with Gasteiger partial charge in [0.05, 0.1) is 6.10 Å². The van der Waals surface area contributed by atoms with Crippen molar-refractivity contribution in [1.29, 1.82) is 0 Å². The summed E-state index contributed by atoms with van der Waals surface area (Å²) in [4.78, 5) is 1.68. The van der Waals surface area contributed by atoms with E-state index in [1.165, 1.54) is 0 Å². The van der Waals surface area contributed by atoms with Gasteiger partial charge in [0.15, 0.2) is 11.6 Å². The molecule has 2 rings (SSSR count). The standard InChI is InChI=1S/C12H16F2N2O/c1-17-9-3-2-4-16(7-9)12-10(13)5-8(15)6-11(12)14/h5-6,9H,2-4,7,15H2,1H3. The highest BCUT2D eigenvalue weighted by Gasteiger charge is 2.24. The molecule has 0 aliphatic carbocycles. The van der Waals surface area contributed by atoms with Crippen molar-refractivity contribution < 1.29 is 13.5 Å². The highest BCUT2D eigenvalue weighted by atomic mass is 19.1. The van der Waals surface area contributed by atoms with E-state index in [-0.39, 0.29) is 17.5 Å². The fourth-order valence-corrected chi connectivity index (χ4v) is 2.22.